The minimum atomic E-state index is -0.679. The van der Waals surface area contributed by atoms with Crippen molar-refractivity contribution in [1.29, 1.82) is 0 Å². The Balaban J connectivity index is 2.12. The van der Waals surface area contributed by atoms with E-state index in [4.69, 9.17) is 18.9 Å². The van der Waals surface area contributed by atoms with Gasteiger partial charge in [0.25, 0.3) is 0 Å². The number of methoxy groups -OCH3 is 3. The molecule has 0 atom stereocenters. The highest BCUT2D eigenvalue weighted by atomic mass is 16.5. The van der Waals surface area contributed by atoms with Gasteiger partial charge in [0.15, 0.2) is 23.9 Å². The molecular weight excluding hydrogens is 336 g/mol. The van der Waals surface area contributed by atoms with E-state index in [1.165, 1.54) is 33.5 Å². The van der Waals surface area contributed by atoms with Crippen LogP contribution in [-0.4, -0.2) is 39.7 Å². The molecule has 2 aromatic rings. The Kier molecular flexibility index (Phi) is 6.60. The average Bonchev–Trinajstić information content (AvgIpc) is 2.70. The molecule has 26 heavy (non-hydrogen) atoms. The van der Waals surface area contributed by atoms with Gasteiger partial charge in [0.05, 0.1) is 21.3 Å². The zero-order valence-corrected chi connectivity index (χ0v) is 15.3. The predicted molar refractivity (Wildman–Crippen MR) is 96.5 cm³/mol. The van der Waals surface area contributed by atoms with Crippen LogP contribution in [0.4, 0.5) is 0 Å². The molecule has 6 nitrogen and oxygen atoms in total. The minimum absolute atomic E-state index is 0.152. The first-order valence-electron chi connectivity index (χ1n) is 8.13. The van der Waals surface area contributed by atoms with Crippen molar-refractivity contribution in [3.05, 3.63) is 53.1 Å². The number of Topliss-reactive ketones (excluding diaryl/α,β-unsaturated/α-hetero) is 1. The van der Waals surface area contributed by atoms with Crippen LogP contribution >= 0.6 is 0 Å². The van der Waals surface area contributed by atoms with Crippen LogP contribution < -0.4 is 14.2 Å². The Labute approximate surface area is 152 Å². The van der Waals surface area contributed by atoms with Crippen molar-refractivity contribution in [3.8, 4) is 17.2 Å². The molecule has 0 saturated heterocycles. The lowest BCUT2D eigenvalue weighted by atomic mass is 10.1. The summed E-state index contributed by atoms with van der Waals surface area (Å²) < 4.78 is 20.7. The van der Waals surface area contributed by atoms with Crippen molar-refractivity contribution in [2.75, 3.05) is 27.9 Å². The summed E-state index contributed by atoms with van der Waals surface area (Å²) in [7, 11) is 4.37. The molecule has 0 aliphatic rings. The number of rotatable bonds is 8. The molecule has 0 amide bonds. The molecule has 0 aliphatic carbocycles. The van der Waals surface area contributed by atoms with E-state index in [9.17, 15) is 9.59 Å². The van der Waals surface area contributed by atoms with Gasteiger partial charge in [-0.2, -0.15) is 0 Å². The SMILES string of the molecule is CCc1ccc(C(=O)COC(=O)c2cc(OC)c(OC)cc2OC)cc1. The quantitative estimate of drug-likeness (QED) is 0.533. The van der Waals surface area contributed by atoms with Gasteiger partial charge >= 0.3 is 5.97 Å². The molecular formula is C20H22O6. The zero-order chi connectivity index (χ0) is 19.1. The van der Waals surface area contributed by atoms with Crippen LogP contribution in [-0.2, 0) is 11.2 Å². The molecule has 0 aliphatic heterocycles. The molecule has 0 spiro atoms. The summed E-state index contributed by atoms with van der Waals surface area (Å²) >= 11 is 0. The van der Waals surface area contributed by atoms with Crippen molar-refractivity contribution in [1.82, 2.24) is 0 Å². The van der Waals surface area contributed by atoms with E-state index in [1.54, 1.807) is 12.1 Å². The molecule has 6 heteroatoms. The Hall–Kier alpha value is -3.02. The summed E-state index contributed by atoms with van der Waals surface area (Å²) in [4.78, 5) is 24.6. The van der Waals surface area contributed by atoms with Gasteiger partial charge in [0.2, 0.25) is 0 Å². The Bertz CT molecular complexity index is 780. The molecule has 0 heterocycles. The van der Waals surface area contributed by atoms with E-state index in [-0.39, 0.29) is 23.7 Å². The van der Waals surface area contributed by atoms with E-state index in [0.717, 1.165) is 12.0 Å². The van der Waals surface area contributed by atoms with Gasteiger partial charge in [-0.15, -0.1) is 0 Å². The van der Waals surface area contributed by atoms with E-state index >= 15 is 0 Å². The molecule has 2 rings (SSSR count). The lowest BCUT2D eigenvalue weighted by Crippen LogP contribution is -2.15. The Morgan fingerprint density at radius 2 is 1.42 bits per heavy atom. The van der Waals surface area contributed by atoms with Crippen LogP contribution in [0.15, 0.2) is 36.4 Å². The first-order chi connectivity index (χ1) is 12.5. The monoisotopic (exact) mass is 358 g/mol. The van der Waals surface area contributed by atoms with E-state index < -0.39 is 5.97 Å². The summed E-state index contributed by atoms with van der Waals surface area (Å²) in [6, 6.07) is 10.2. The molecule has 0 aromatic heterocycles. The van der Waals surface area contributed by atoms with Crippen LogP contribution in [0.5, 0.6) is 17.2 Å². The number of hydrogen-bond donors (Lipinski definition) is 0. The van der Waals surface area contributed by atoms with Crippen molar-refractivity contribution in [2.45, 2.75) is 13.3 Å². The molecule has 0 saturated carbocycles. The highest BCUT2D eigenvalue weighted by Gasteiger charge is 2.20. The predicted octanol–water partition coefficient (Wildman–Crippen LogP) is 3.31. The molecule has 0 bridgehead atoms. The number of benzene rings is 2. The Morgan fingerprint density at radius 1 is 0.846 bits per heavy atom. The number of carbonyl (C=O) groups is 2. The van der Waals surface area contributed by atoms with Gasteiger partial charge in [-0.25, -0.2) is 4.79 Å². The minimum Gasteiger partial charge on any atom is -0.496 e. The van der Waals surface area contributed by atoms with Crippen molar-refractivity contribution in [2.24, 2.45) is 0 Å². The van der Waals surface area contributed by atoms with Gasteiger partial charge < -0.3 is 18.9 Å². The number of hydrogen-bond acceptors (Lipinski definition) is 6. The molecule has 0 radical (unpaired) electrons. The van der Waals surface area contributed by atoms with Crippen molar-refractivity contribution in [3.63, 3.8) is 0 Å². The highest BCUT2D eigenvalue weighted by molar-refractivity contribution is 6.00. The lowest BCUT2D eigenvalue weighted by Gasteiger charge is -2.13. The van der Waals surface area contributed by atoms with E-state index in [1.807, 2.05) is 19.1 Å². The van der Waals surface area contributed by atoms with Crippen molar-refractivity contribution < 1.29 is 28.5 Å². The van der Waals surface area contributed by atoms with Crippen LogP contribution in [0, 0.1) is 0 Å². The van der Waals surface area contributed by atoms with Gasteiger partial charge in [0.1, 0.15) is 11.3 Å². The lowest BCUT2D eigenvalue weighted by molar-refractivity contribution is 0.0471. The second kappa shape index (κ2) is 8.89. The number of esters is 1. The molecule has 138 valence electrons. The third-order valence-corrected chi connectivity index (χ3v) is 3.94. The topological polar surface area (TPSA) is 71.1 Å². The van der Waals surface area contributed by atoms with E-state index in [0.29, 0.717) is 17.1 Å². The summed E-state index contributed by atoms with van der Waals surface area (Å²) in [5.41, 5.74) is 1.78. The van der Waals surface area contributed by atoms with Gasteiger partial charge in [-0.3, -0.25) is 4.79 Å². The first-order valence-corrected chi connectivity index (χ1v) is 8.13. The maximum Gasteiger partial charge on any atom is 0.342 e. The maximum absolute atomic E-state index is 12.4. The third-order valence-electron chi connectivity index (χ3n) is 3.94. The second-order valence-electron chi connectivity index (χ2n) is 5.46. The summed E-state index contributed by atoms with van der Waals surface area (Å²) in [5, 5.41) is 0. The zero-order valence-electron chi connectivity index (χ0n) is 15.3. The van der Waals surface area contributed by atoms with Crippen LogP contribution in [0.25, 0.3) is 0 Å². The number of aryl methyl sites for hydroxylation is 1. The second-order valence-corrected chi connectivity index (χ2v) is 5.46. The fourth-order valence-corrected chi connectivity index (χ4v) is 2.41. The molecule has 2 aromatic carbocycles. The Morgan fingerprint density at radius 3 is 1.96 bits per heavy atom. The third kappa shape index (κ3) is 4.33. The first kappa shape index (κ1) is 19.3. The molecule has 0 fully saturated rings. The van der Waals surface area contributed by atoms with Gasteiger partial charge in [-0.1, -0.05) is 31.2 Å². The largest absolute Gasteiger partial charge is 0.496 e. The summed E-state index contributed by atoms with van der Waals surface area (Å²) in [6.45, 7) is 1.68. The fraction of sp³-hybridized carbons (Fsp3) is 0.300. The summed E-state index contributed by atoms with van der Waals surface area (Å²) in [5.74, 6) is 0.101. The smallest absolute Gasteiger partial charge is 0.342 e. The standard InChI is InChI=1S/C20H22O6/c1-5-13-6-8-14(9-7-13)16(21)12-26-20(22)15-10-18(24-3)19(25-4)11-17(15)23-2/h6-11H,5,12H2,1-4H3. The highest BCUT2D eigenvalue weighted by Crippen LogP contribution is 2.34. The average molecular weight is 358 g/mol. The van der Waals surface area contributed by atoms with E-state index in [2.05, 4.69) is 0 Å². The van der Waals surface area contributed by atoms with Crippen molar-refractivity contribution >= 4 is 11.8 Å². The molecule has 0 N–H and O–H groups in total. The maximum atomic E-state index is 12.4. The fourth-order valence-electron chi connectivity index (χ4n) is 2.41. The number of carbonyl (C=O) groups excluding carboxylic acids is 2. The van der Waals surface area contributed by atoms with Crippen LogP contribution in [0.1, 0.15) is 33.2 Å². The summed E-state index contributed by atoms with van der Waals surface area (Å²) in [6.07, 6.45) is 0.891. The number of ketones is 1. The van der Waals surface area contributed by atoms with Gasteiger partial charge in [0, 0.05) is 17.7 Å². The van der Waals surface area contributed by atoms with Crippen LogP contribution in [0.2, 0.25) is 0 Å². The van der Waals surface area contributed by atoms with Crippen LogP contribution in [0.3, 0.4) is 0 Å². The van der Waals surface area contributed by atoms with Gasteiger partial charge in [-0.05, 0) is 12.0 Å². The number of ether oxygens (including phenoxy) is 4. The molecule has 0 unspecified atom stereocenters. The normalized spacial score (nSPS) is 10.2.